The number of fused-ring (bicyclic) bond motifs is 2. The van der Waals surface area contributed by atoms with Crippen LogP contribution in [0.25, 0.3) is 5.32 Å². The van der Waals surface area contributed by atoms with E-state index in [9.17, 15) is 0 Å². The van der Waals surface area contributed by atoms with E-state index in [4.69, 9.17) is 0 Å². The topological polar surface area (TPSA) is 14.1 Å². The second-order valence-corrected chi connectivity index (χ2v) is 3.65. The maximum absolute atomic E-state index is 4.18. The summed E-state index contributed by atoms with van der Waals surface area (Å²) in [6.45, 7) is 2.25. The van der Waals surface area contributed by atoms with Gasteiger partial charge < -0.3 is 17.7 Å². The van der Waals surface area contributed by atoms with E-state index in [0.717, 1.165) is 19.5 Å². The first-order valence-electron chi connectivity index (χ1n) is 5.10. The molecule has 2 bridgehead atoms. The molecule has 1 saturated heterocycles. The van der Waals surface area contributed by atoms with Crippen LogP contribution in [0.4, 0.5) is 0 Å². The molecule has 83 valence electrons. The number of hydrogen-bond acceptors (Lipinski definition) is 0. The van der Waals surface area contributed by atoms with Crippen LogP contribution in [0.3, 0.4) is 0 Å². The second kappa shape index (κ2) is 8.18. The fourth-order valence-corrected chi connectivity index (χ4v) is 1.68. The molecule has 1 nitrogen and oxygen atoms in total. The quantitative estimate of drug-likeness (QED) is 0.410. The molecule has 1 radical (unpaired) electrons. The average molecular weight is 311 g/mol. The van der Waals surface area contributed by atoms with Crippen LogP contribution < -0.4 is 12.4 Å². The first-order valence-corrected chi connectivity index (χ1v) is 5.10. The molecule has 0 aromatic carbocycles. The smallest absolute Gasteiger partial charge is 1.00 e. The SMILES string of the molecule is C1#CC2C#CC1C2.C1CC[N-]CC1.[Cl-].[Rh+2]. The van der Waals surface area contributed by atoms with E-state index in [0.29, 0.717) is 11.8 Å². The molecule has 0 aromatic heterocycles. The van der Waals surface area contributed by atoms with Gasteiger partial charge in [0.25, 0.3) is 0 Å². The van der Waals surface area contributed by atoms with Gasteiger partial charge in [-0.25, -0.2) is 0 Å². The summed E-state index contributed by atoms with van der Waals surface area (Å²) in [6, 6.07) is 0. The van der Waals surface area contributed by atoms with Gasteiger partial charge in [0.2, 0.25) is 0 Å². The fraction of sp³-hybridized carbons (Fsp3) is 0.667. The third-order valence-electron chi connectivity index (χ3n) is 2.47. The Morgan fingerprint density at radius 2 is 1.27 bits per heavy atom. The van der Waals surface area contributed by atoms with E-state index in [2.05, 4.69) is 29.0 Å². The van der Waals surface area contributed by atoms with Gasteiger partial charge in [-0.1, -0.05) is 42.9 Å². The average Bonchev–Trinajstić information content (AvgIpc) is 2.85. The molecular weight excluding hydrogens is 296 g/mol. The van der Waals surface area contributed by atoms with Crippen LogP contribution in [0.2, 0.25) is 0 Å². The van der Waals surface area contributed by atoms with E-state index < -0.39 is 0 Å². The molecule has 0 amide bonds. The van der Waals surface area contributed by atoms with Crippen LogP contribution in [-0.4, -0.2) is 13.1 Å². The van der Waals surface area contributed by atoms with Crippen LogP contribution in [0.1, 0.15) is 25.7 Å². The molecule has 0 N–H and O–H groups in total. The fourth-order valence-electron chi connectivity index (χ4n) is 1.68. The summed E-state index contributed by atoms with van der Waals surface area (Å²) in [5, 5.41) is 4.18. The molecule has 2 aliphatic carbocycles. The molecule has 0 atom stereocenters. The van der Waals surface area contributed by atoms with Crippen LogP contribution in [0.15, 0.2) is 0 Å². The molecule has 0 unspecified atom stereocenters. The summed E-state index contributed by atoms with van der Waals surface area (Å²) in [6.07, 6.45) is 5.21. The Morgan fingerprint density at radius 3 is 1.40 bits per heavy atom. The summed E-state index contributed by atoms with van der Waals surface area (Å²) >= 11 is 0. The summed E-state index contributed by atoms with van der Waals surface area (Å²) in [5.41, 5.74) is 0. The van der Waals surface area contributed by atoms with Crippen molar-refractivity contribution in [3.8, 4) is 23.7 Å². The molecule has 1 heterocycles. The Bertz CT molecular complexity index is 239. The van der Waals surface area contributed by atoms with Crippen LogP contribution in [0.5, 0.6) is 0 Å². The van der Waals surface area contributed by atoms with Crippen LogP contribution in [-0.2, 0) is 19.5 Å². The van der Waals surface area contributed by atoms with Gasteiger partial charge in [-0.3, -0.25) is 0 Å². The molecule has 3 heteroatoms. The van der Waals surface area contributed by atoms with Gasteiger partial charge in [-0.2, -0.15) is 0 Å². The predicted octanol–water partition coefficient (Wildman–Crippen LogP) is -0.812. The first-order chi connectivity index (χ1) is 6.45. The standard InChI is InChI=1S/C7H4.C5H10N.ClH.Rh/c1-2-7-4-3-6(1)5-7;1-2-4-6-5-3-1;;/h6-7H,5H2;1-5H2;1H;/q;-1;;+2/p-1. The third-order valence-corrected chi connectivity index (χ3v) is 2.47. The van der Waals surface area contributed by atoms with Crippen molar-refractivity contribution in [3.05, 3.63) is 5.32 Å². The molecule has 0 spiro atoms. The third kappa shape index (κ3) is 5.04. The van der Waals surface area contributed by atoms with Crippen LogP contribution in [0, 0.1) is 35.5 Å². The monoisotopic (exact) mass is 310 g/mol. The van der Waals surface area contributed by atoms with Crippen molar-refractivity contribution in [2.45, 2.75) is 25.7 Å². The van der Waals surface area contributed by atoms with E-state index >= 15 is 0 Å². The zero-order valence-corrected chi connectivity index (χ0v) is 11.0. The Morgan fingerprint density at radius 1 is 0.800 bits per heavy atom. The van der Waals surface area contributed by atoms with Crippen molar-refractivity contribution in [1.82, 2.24) is 0 Å². The second-order valence-electron chi connectivity index (χ2n) is 3.65. The van der Waals surface area contributed by atoms with Gasteiger partial charge in [-0.05, 0) is 6.42 Å². The first kappa shape index (κ1) is 15.0. The molecule has 0 aromatic rings. The molecule has 1 aliphatic heterocycles. The predicted molar refractivity (Wildman–Crippen MR) is 54.1 cm³/mol. The Labute approximate surface area is 111 Å². The minimum Gasteiger partial charge on any atom is -1.00 e. The maximum atomic E-state index is 4.18. The minimum atomic E-state index is 0. The minimum absolute atomic E-state index is 0. The van der Waals surface area contributed by atoms with Gasteiger partial charge in [0.1, 0.15) is 0 Å². The normalized spacial score (nSPS) is 27.7. The van der Waals surface area contributed by atoms with Crippen molar-refractivity contribution in [3.63, 3.8) is 0 Å². The molecular formula is C12H14ClNRh. The van der Waals surface area contributed by atoms with Crippen molar-refractivity contribution >= 4 is 0 Å². The van der Waals surface area contributed by atoms with Gasteiger partial charge in [-0.15, -0.1) is 13.1 Å². The van der Waals surface area contributed by atoms with Crippen molar-refractivity contribution in [1.29, 1.82) is 0 Å². The largest absolute Gasteiger partial charge is 2.00 e. The van der Waals surface area contributed by atoms with Gasteiger partial charge in [0.15, 0.2) is 0 Å². The Balaban J connectivity index is 0.000000233. The number of halogens is 1. The number of piperidine rings is 1. The van der Waals surface area contributed by atoms with Gasteiger partial charge >= 0.3 is 19.5 Å². The zero-order chi connectivity index (χ0) is 8.93. The maximum Gasteiger partial charge on any atom is 2.00 e. The molecule has 15 heavy (non-hydrogen) atoms. The van der Waals surface area contributed by atoms with Crippen molar-refractivity contribution < 1.29 is 31.9 Å². The molecule has 3 rings (SSSR count). The van der Waals surface area contributed by atoms with E-state index in [-0.39, 0.29) is 31.9 Å². The number of hydrogen-bond donors (Lipinski definition) is 0. The summed E-state index contributed by atoms with van der Waals surface area (Å²) < 4.78 is 0. The number of rotatable bonds is 0. The van der Waals surface area contributed by atoms with E-state index in [1.165, 1.54) is 19.3 Å². The van der Waals surface area contributed by atoms with Crippen LogP contribution >= 0.6 is 0 Å². The molecule has 0 saturated carbocycles. The molecule has 1 fully saturated rings. The van der Waals surface area contributed by atoms with E-state index in [1.54, 1.807) is 0 Å². The summed E-state index contributed by atoms with van der Waals surface area (Å²) in [7, 11) is 0. The van der Waals surface area contributed by atoms with E-state index in [1.807, 2.05) is 0 Å². The Kier molecular flexibility index (Phi) is 8.18. The van der Waals surface area contributed by atoms with Crippen molar-refractivity contribution in [2.24, 2.45) is 11.8 Å². The Hall–Kier alpha value is -0.00662. The van der Waals surface area contributed by atoms with Crippen molar-refractivity contribution in [2.75, 3.05) is 13.1 Å². The summed E-state index contributed by atoms with van der Waals surface area (Å²) in [4.78, 5) is 0. The van der Waals surface area contributed by atoms with Gasteiger partial charge in [0, 0.05) is 0 Å². The molecule has 3 aliphatic rings. The zero-order valence-electron chi connectivity index (χ0n) is 8.56. The number of nitrogens with zero attached hydrogens (tertiary/aromatic N) is 1. The van der Waals surface area contributed by atoms with Gasteiger partial charge in [0.05, 0.1) is 11.8 Å². The summed E-state index contributed by atoms with van der Waals surface area (Å²) in [5.74, 6) is 13.0.